The van der Waals surface area contributed by atoms with Crippen LogP contribution in [-0.4, -0.2) is 18.0 Å². The largest absolute Gasteiger partial charge is 0.352 e. The normalized spacial score (nSPS) is 27.1. The summed E-state index contributed by atoms with van der Waals surface area (Å²) in [6.07, 6.45) is 4.74. The number of nitrogens with one attached hydrogen (secondary N) is 1. The summed E-state index contributed by atoms with van der Waals surface area (Å²) in [4.78, 5) is 12.1. The first-order chi connectivity index (χ1) is 8.21. The van der Waals surface area contributed by atoms with E-state index in [1.54, 1.807) is 0 Å². The van der Waals surface area contributed by atoms with Crippen molar-refractivity contribution in [3.05, 3.63) is 0 Å². The average molecular weight is 254 g/mol. The van der Waals surface area contributed by atoms with Crippen LogP contribution in [0.15, 0.2) is 0 Å². The van der Waals surface area contributed by atoms with Crippen molar-refractivity contribution in [2.24, 2.45) is 23.0 Å². The minimum atomic E-state index is -0.420. The Morgan fingerprint density at radius 2 is 1.89 bits per heavy atom. The van der Waals surface area contributed by atoms with Gasteiger partial charge in [-0.05, 0) is 30.1 Å². The van der Waals surface area contributed by atoms with Crippen molar-refractivity contribution in [3.8, 4) is 0 Å². The molecule has 0 aromatic carbocycles. The van der Waals surface area contributed by atoms with Gasteiger partial charge in [0.25, 0.3) is 0 Å². The van der Waals surface area contributed by atoms with Gasteiger partial charge < -0.3 is 11.1 Å². The third kappa shape index (κ3) is 4.27. The van der Waals surface area contributed by atoms with Crippen molar-refractivity contribution >= 4 is 5.91 Å². The van der Waals surface area contributed by atoms with Crippen molar-refractivity contribution in [1.29, 1.82) is 0 Å². The Morgan fingerprint density at radius 3 is 2.39 bits per heavy atom. The monoisotopic (exact) mass is 254 g/mol. The fraction of sp³-hybridized carbons (Fsp3) is 0.933. The maximum atomic E-state index is 12.1. The summed E-state index contributed by atoms with van der Waals surface area (Å²) in [5, 5.41) is 3.15. The van der Waals surface area contributed by atoms with Gasteiger partial charge in [-0.2, -0.15) is 0 Å². The van der Waals surface area contributed by atoms with Gasteiger partial charge in [-0.15, -0.1) is 0 Å². The molecule has 0 radical (unpaired) electrons. The van der Waals surface area contributed by atoms with Crippen LogP contribution >= 0.6 is 0 Å². The standard InChI is InChI=1S/C15H30N2O/c1-10(2)11-7-6-8-12(9-11)17-14(18)13(16)15(3,4)5/h10-13H,6-9,16H2,1-5H3,(H,17,18)/t11?,12?,13-/m1/s1. The van der Waals surface area contributed by atoms with Crippen molar-refractivity contribution in [3.63, 3.8) is 0 Å². The Balaban J connectivity index is 2.50. The zero-order chi connectivity index (χ0) is 13.9. The quantitative estimate of drug-likeness (QED) is 0.813. The van der Waals surface area contributed by atoms with Gasteiger partial charge in [0.1, 0.15) is 0 Å². The van der Waals surface area contributed by atoms with Crippen LogP contribution in [0.1, 0.15) is 60.3 Å². The van der Waals surface area contributed by atoms with Crippen LogP contribution in [0.25, 0.3) is 0 Å². The van der Waals surface area contributed by atoms with Crippen LogP contribution in [0.2, 0.25) is 0 Å². The molecule has 106 valence electrons. The maximum absolute atomic E-state index is 12.1. The van der Waals surface area contributed by atoms with Crippen LogP contribution in [0.4, 0.5) is 0 Å². The summed E-state index contributed by atoms with van der Waals surface area (Å²) in [7, 11) is 0. The minimum absolute atomic E-state index is 0.0110. The highest BCUT2D eigenvalue weighted by atomic mass is 16.2. The molecule has 0 heterocycles. The Hall–Kier alpha value is -0.570. The highest BCUT2D eigenvalue weighted by molar-refractivity contribution is 5.82. The fourth-order valence-electron chi connectivity index (χ4n) is 2.65. The molecule has 0 saturated heterocycles. The lowest BCUT2D eigenvalue weighted by Crippen LogP contribution is -2.52. The summed E-state index contributed by atoms with van der Waals surface area (Å²) in [6, 6.07) is -0.0935. The second-order valence-electron chi connectivity index (χ2n) is 7.22. The number of hydrogen-bond acceptors (Lipinski definition) is 2. The molecule has 0 aromatic heterocycles. The molecule has 2 unspecified atom stereocenters. The van der Waals surface area contributed by atoms with Gasteiger partial charge in [0.05, 0.1) is 6.04 Å². The molecule has 1 amide bonds. The van der Waals surface area contributed by atoms with Gasteiger partial charge in [-0.25, -0.2) is 0 Å². The molecule has 1 rings (SSSR count). The van der Waals surface area contributed by atoms with E-state index in [-0.39, 0.29) is 11.3 Å². The van der Waals surface area contributed by atoms with E-state index in [0.29, 0.717) is 12.0 Å². The molecular formula is C15H30N2O. The van der Waals surface area contributed by atoms with E-state index in [0.717, 1.165) is 18.8 Å². The second-order valence-corrected chi connectivity index (χ2v) is 7.22. The van der Waals surface area contributed by atoms with Gasteiger partial charge >= 0.3 is 0 Å². The summed E-state index contributed by atoms with van der Waals surface area (Å²) in [6.45, 7) is 10.6. The third-order valence-corrected chi connectivity index (χ3v) is 4.22. The smallest absolute Gasteiger partial charge is 0.237 e. The molecule has 1 aliphatic carbocycles. The van der Waals surface area contributed by atoms with E-state index >= 15 is 0 Å². The van der Waals surface area contributed by atoms with E-state index in [2.05, 4.69) is 19.2 Å². The lowest BCUT2D eigenvalue weighted by Gasteiger charge is -2.34. The first kappa shape index (κ1) is 15.5. The number of nitrogens with two attached hydrogens (primary N) is 1. The van der Waals surface area contributed by atoms with Crippen LogP contribution in [0, 0.1) is 17.3 Å². The first-order valence-corrected chi connectivity index (χ1v) is 7.27. The lowest BCUT2D eigenvalue weighted by atomic mass is 9.79. The van der Waals surface area contributed by atoms with Gasteiger partial charge in [0.15, 0.2) is 0 Å². The molecule has 0 aliphatic heterocycles. The molecule has 18 heavy (non-hydrogen) atoms. The molecule has 3 nitrogen and oxygen atoms in total. The maximum Gasteiger partial charge on any atom is 0.237 e. The molecule has 3 heteroatoms. The molecule has 1 fully saturated rings. The van der Waals surface area contributed by atoms with E-state index < -0.39 is 6.04 Å². The highest BCUT2D eigenvalue weighted by Crippen LogP contribution is 2.30. The molecule has 3 N–H and O–H groups in total. The van der Waals surface area contributed by atoms with E-state index in [9.17, 15) is 4.79 Å². The summed E-state index contributed by atoms with van der Waals surface area (Å²) in [5.41, 5.74) is 5.82. The number of amides is 1. The lowest BCUT2D eigenvalue weighted by molar-refractivity contribution is -0.125. The fourth-order valence-corrected chi connectivity index (χ4v) is 2.65. The van der Waals surface area contributed by atoms with Gasteiger partial charge in [-0.3, -0.25) is 4.79 Å². The second kappa shape index (κ2) is 6.05. The van der Waals surface area contributed by atoms with E-state index in [1.165, 1.54) is 12.8 Å². The molecule has 0 aromatic rings. The Bertz CT molecular complexity index is 281. The van der Waals surface area contributed by atoms with Crippen LogP contribution < -0.4 is 11.1 Å². The first-order valence-electron chi connectivity index (χ1n) is 7.27. The Labute approximate surface area is 112 Å². The van der Waals surface area contributed by atoms with Crippen molar-refractivity contribution < 1.29 is 4.79 Å². The predicted octanol–water partition coefficient (Wildman–Crippen LogP) is 2.69. The SMILES string of the molecule is CC(C)C1CCCC(NC(=O)[C@@H](N)C(C)(C)C)C1. The molecule has 0 bridgehead atoms. The summed E-state index contributed by atoms with van der Waals surface area (Å²) in [5.74, 6) is 1.47. The van der Waals surface area contributed by atoms with Crippen LogP contribution in [0.5, 0.6) is 0 Å². The average Bonchev–Trinajstić information content (AvgIpc) is 2.27. The predicted molar refractivity (Wildman–Crippen MR) is 76.2 cm³/mol. The van der Waals surface area contributed by atoms with Gasteiger partial charge in [-0.1, -0.05) is 47.5 Å². The van der Waals surface area contributed by atoms with Gasteiger partial charge in [0.2, 0.25) is 5.91 Å². The topological polar surface area (TPSA) is 55.1 Å². The number of rotatable bonds is 3. The summed E-state index contributed by atoms with van der Waals surface area (Å²) >= 11 is 0. The summed E-state index contributed by atoms with van der Waals surface area (Å²) < 4.78 is 0. The molecule has 0 spiro atoms. The number of carbonyl (C=O) groups excluding carboxylic acids is 1. The van der Waals surface area contributed by atoms with E-state index in [1.807, 2.05) is 20.8 Å². The molecule has 1 aliphatic rings. The minimum Gasteiger partial charge on any atom is -0.352 e. The van der Waals surface area contributed by atoms with Crippen LogP contribution in [-0.2, 0) is 4.79 Å². The van der Waals surface area contributed by atoms with Crippen molar-refractivity contribution in [2.45, 2.75) is 72.4 Å². The number of hydrogen-bond donors (Lipinski definition) is 2. The van der Waals surface area contributed by atoms with Gasteiger partial charge in [0, 0.05) is 6.04 Å². The molecule has 1 saturated carbocycles. The molecule has 3 atom stereocenters. The number of carbonyl (C=O) groups is 1. The van der Waals surface area contributed by atoms with Crippen LogP contribution in [0.3, 0.4) is 0 Å². The Morgan fingerprint density at radius 1 is 1.28 bits per heavy atom. The zero-order valence-electron chi connectivity index (χ0n) is 12.6. The zero-order valence-corrected chi connectivity index (χ0v) is 12.6. The van der Waals surface area contributed by atoms with Crippen molar-refractivity contribution in [1.82, 2.24) is 5.32 Å². The third-order valence-electron chi connectivity index (χ3n) is 4.22. The molecular weight excluding hydrogens is 224 g/mol. The van der Waals surface area contributed by atoms with Crippen molar-refractivity contribution in [2.75, 3.05) is 0 Å². The Kier molecular flexibility index (Phi) is 5.20. The van der Waals surface area contributed by atoms with E-state index in [4.69, 9.17) is 5.73 Å². The highest BCUT2D eigenvalue weighted by Gasteiger charge is 2.31.